The van der Waals surface area contributed by atoms with Gasteiger partial charge in [0.1, 0.15) is 23.1 Å². The summed E-state index contributed by atoms with van der Waals surface area (Å²) in [5, 5.41) is 20.0. The van der Waals surface area contributed by atoms with Crippen molar-refractivity contribution in [2.24, 2.45) is 0 Å². The lowest BCUT2D eigenvalue weighted by Gasteiger charge is -2.12. The molecule has 23 heavy (non-hydrogen) atoms. The lowest BCUT2D eigenvalue weighted by atomic mass is 9.96. The third kappa shape index (κ3) is 2.73. The Morgan fingerprint density at radius 3 is 2.00 bits per heavy atom. The summed E-state index contributed by atoms with van der Waals surface area (Å²) in [6, 6.07) is 12.6. The number of phenolic OH excluding ortho intramolecular Hbond substituents is 2. The van der Waals surface area contributed by atoms with Crippen molar-refractivity contribution >= 4 is 11.6 Å². The van der Waals surface area contributed by atoms with E-state index in [0.29, 0.717) is 0 Å². The Kier molecular flexibility index (Phi) is 3.92. The van der Waals surface area contributed by atoms with E-state index < -0.39 is 11.6 Å². The van der Waals surface area contributed by atoms with Crippen molar-refractivity contribution in [3.63, 3.8) is 0 Å². The molecule has 0 saturated heterocycles. The Balaban J connectivity index is 2.26. The maximum Gasteiger partial charge on any atom is 0.149 e. The topological polar surface area (TPSA) is 40.5 Å². The van der Waals surface area contributed by atoms with Gasteiger partial charge in [-0.15, -0.1) is 0 Å². The number of hydrogen-bond acceptors (Lipinski definition) is 2. The predicted molar refractivity (Wildman–Crippen MR) is 85.6 cm³/mol. The van der Waals surface area contributed by atoms with E-state index in [9.17, 15) is 19.0 Å². The molecule has 0 aromatic heterocycles. The molecule has 2 N–H and O–H groups in total. The Morgan fingerprint density at radius 1 is 0.696 bits per heavy atom. The zero-order valence-corrected chi connectivity index (χ0v) is 12.5. The van der Waals surface area contributed by atoms with Gasteiger partial charge in [0.15, 0.2) is 0 Å². The second-order valence-corrected chi connectivity index (χ2v) is 5.37. The molecular formula is C18H11ClF2O2. The van der Waals surface area contributed by atoms with Gasteiger partial charge in [-0.3, -0.25) is 0 Å². The molecule has 0 atom stereocenters. The van der Waals surface area contributed by atoms with Crippen molar-refractivity contribution in [2.45, 2.75) is 0 Å². The Hall–Kier alpha value is -2.59. The molecule has 0 aliphatic rings. The number of phenols is 2. The summed E-state index contributed by atoms with van der Waals surface area (Å²) in [6.45, 7) is 0. The molecule has 3 aromatic rings. The van der Waals surface area contributed by atoms with E-state index in [4.69, 9.17) is 11.6 Å². The third-order valence-corrected chi connectivity index (χ3v) is 3.81. The van der Waals surface area contributed by atoms with Gasteiger partial charge in [-0.05, 0) is 18.2 Å². The third-order valence-electron chi connectivity index (χ3n) is 3.52. The van der Waals surface area contributed by atoms with Gasteiger partial charge in [-0.2, -0.15) is 0 Å². The van der Waals surface area contributed by atoms with Gasteiger partial charge in [0.05, 0.1) is 5.02 Å². The molecule has 0 saturated carbocycles. The van der Waals surface area contributed by atoms with Crippen molar-refractivity contribution in [3.05, 3.63) is 71.3 Å². The van der Waals surface area contributed by atoms with E-state index in [2.05, 4.69) is 0 Å². The molecule has 0 spiro atoms. The van der Waals surface area contributed by atoms with Gasteiger partial charge in [-0.1, -0.05) is 41.9 Å². The fourth-order valence-electron chi connectivity index (χ4n) is 2.40. The maximum absolute atomic E-state index is 14.2. The lowest BCUT2D eigenvalue weighted by Crippen LogP contribution is -1.90. The van der Waals surface area contributed by atoms with Crippen LogP contribution in [-0.4, -0.2) is 10.2 Å². The average molecular weight is 333 g/mol. The van der Waals surface area contributed by atoms with E-state index in [1.807, 2.05) is 0 Å². The monoisotopic (exact) mass is 332 g/mol. The maximum atomic E-state index is 14.2. The van der Waals surface area contributed by atoms with Crippen LogP contribution < -0.4 is 0 Å². The van der Waals surface area contributed by atoms with Crippen LogP contribution >= 0.6 is 11.6 Å². The summed E-state index contributed by atoms with van der Waals surface area (Å²) in [7, 11) is 0. The minimum atomic E-state index is -0.699. The molecule has 0 aliphatic carbocycles. The van der Waals surface area contributed by atoms with Gasteiger partial charge in [-0.25, -0.2) is 8.78 Å². The second kappa shape index (κ2) is 5.89. The number of halogens is 3. The van der Waals surface area contributed by atoms with Gasteiger partial charge >= 0.3 is 0 Å². The Morgan fingerprint density at radius 2 is 1.30 bits per heavy atom. The van der Waals surface area contributed by atoms with Gasteiger partial charge < -0.3 is 10.2 Å². The molecule has 5 heteroatoms. The summed E-state index contributed by atoms with van der Waals surface area (Å²) in [4.78, 5) is 0. The van der Waals surface area contributed by atoms with Crippen LogP contribution in [0.5, 0.6) is 11.5 Å². The largest absolute Gasteiger partial charge is 0.507 e. The first-order chi connectivity index (χ1) is 11.0. The normalized spacial score (nSPS) is 10.7. The smallest absolute Gasteiger partial charge is 0.149 e. The molecule has 0 aliphatic heterocycles. The molecule has 0 radical (unpaired) electrons. The van der Waals surface area contributed by atoms with E-state index in [-0.39, 0.29) is 38.8 Å². The number of hydrogen-bond donors (Lipinski definition) is 2. The fourth-order valence-corrected chi connectivity index (χ4v) is 2.57. The van der Waals surface area contributed by atoms with Crippen molar-refractivity contribution in [1.82, 2.24) is 0 Å². The lowest BCUT2D eigenvalue weighted by molar-refractivity contribution is 0.452. The summed E-state index contributed by atoms with van der Waals surface area (Å²) >= 11 is 5.76. The van der Waals surface area contributed by atoms with E-state index in [1.54, 1.807) is 6.07 Å². The van der Waals surface area contributed by atoms with Crippen LogP contribution in [-0.2, 0) is 0 Å². The van der Waals surface area contributed by atoms with Crippen LogP contribution in [0.1, 0.15) is 0 Å². The minimum absolute atomic E-state index is 0.0626. The Labute approximate surface area is 136 Å². The summed E-state index contributed by atoms with van der Waals surface area (Å²) in [6.07, 6.45) is 0. The zero-order valence-electron chi connectivity index (χ0n) is 11.7. The van der Waals surface area contributed by atoms with E-state index >= 15 is 0 Å². The van der Waals surface area contributed by atoms with Crippen LogP contribution in [0.4, 0.5) is 8.78 Å². The van der Waals surface area contributed by atoms with Crippen LogP contribution in [0.2, 0.25) is 5.02 Å². The highest BCUT2D eigenvalue weighted by molar-refractivity contribution is 6.31. The minimum Gasteiger partial charge on any atom is -0.507 e. The van der Waals surface area contributed by atoms with Crippen LogP contribution in [0.3, 0.4) is 0 Å². The first-order valence-corrected chi connectivity index (χ1v) is 7.12. The molecule has 0 unspecified atom stereocenters. The van der Waals surface area contributed by atoms with Crippen molar-refractivity contribution in [2.75, 3.05) is 0 Å². The van der Waals surface area contributed by atoms with Crippen molar-refractivity contribution in [1.29, 1.82) is 0 Å². The van der Waals surface area contributed by atoms with Crippen molar-refractivity contribution in [3.8, 4) is 33.8 Å². The second-order valence-electron chi connectivity index (χ2n) is 4.97. The van der Waals surface area contributed by atoms with Crippen LogP contribution in [0.15, 0.2) is 54.6 Å². The molecule has 3 aromatic carbocycles. The molecule has 2 nitrogen and oxygen atoms in total. The molecule has 0 bridgehead atoms. The summed E-state index contributed by atoms with van der Waals surface area (Å²) < 4.78 is 28.2. The molecule has 3 rings (SSSR count). The quantitative estimate of drug-likeness (QED) is 0.663. The van der Waals surface area contributed by atoms with Gasteiger partial charge in [0, 0.05) is 28.3 Å². The first-order valence-electron chi connectivity index (χ1n) is 6.74. The highest BCUT2D eigenvalue weighted by Crippen LogP contribution is 2.41. The number of rotatable bonds is 2. The van der Waals surface area contributed by atoms with E-state index in [1.165, 1.54) is 42.5 Å². The van der Waals surface area contributed by atoms with Gasteiger partial charge in [0.2, 0.25) is 0 Å². The average Bonchev–Trinajstić information content (AvgIpc) is 2.52. The standard InChI is InChI=1S/C18H11ClF2O2/c19-14-6-3-5-11(18(14)21)13-8-12(16(22)9-17(13)23)10-4-1-2-7-15(10)20/h1-9,22-23H. The molecular weight excluding hydrogens is 322 g/mol. The van der Waals surface area contributed by atoms with Crippen molar-refractivity contribution < 1.29 is 19.0 Å². The zero-order chi connectivity index (χ0) is 16.6. The fraction of sp³-hybridized carbons (Fsp3) is 0. The highest BCUT2D eigenvalue weighted by Gasteiger charge is 2.17. The molecule has 0 amide bonds. The Bertz CT molecular complexity index is 894. The summed E-state index contributed by atoms with van der Waals surface area (Å²) in [5.74, 6) is -1.87. The van der Waals surface area contributed by atoms with Crippen LogP contribution in [0.25, 0.3) is 22.3 Å². The SMILES string of the molecule is Oc1cc(O)c(-c2cccc(Cl)c2F)cc1-c1ccccc1F. The van der Waals surface area contributed by atoms with Gasteiger partial charge in [0.25, 0.3) is 0 Å². The predicted octanol–water partition coefficient (Wildman–Crippen LogP) is 5.36. The van der Waals surface area contributed by atoms with Crippen LogP contribution in [0, 0.1) is 11.6 Å². The molecule has 0 heterocycles. The first kappa shape index (κ1) is 15.3. The highest BCUT2D eigenvalue weighted by atomic mass is 35.5. The molecule has 116 valence electrons. The number of benzene rings is 3. The number of aromatic hydroxyl groups is 2. The molecule has 0 fully saturated rings. The summed E-state index contributed by atoms with van der Waals surface area (Å²) in [5.41, 5.74) is 0.470. The van der Waals surface area contributed by atoms with E-state index in [0.717, 1.165) is 6.07 Å².